The Labute approximate surface area is 108 Å². The zero-order valence-electron chi connectivity index (χ0n) is 9.40. The summed E-state index contributed by atoms with van der Waals surface area (Å²) < 4.78 is 11.1. The SMILES string of the molecule is COC(=O)C1(CO)CCOc2ccc(Br)cc21. The van der Waals surface area contributed by atoms with Gasteiger partial charge in [0.2, 0.25) is 0 Å². The molecule has 1 aromatic rings. The number of carbonyl (C=O) groups excluding carboxylic acids is 1. The van der Waals surface area contributed by atoms with Crippen molar-refractivity contribution in [3.63, 3.8) is 0 Å². The fourth-order valence-corrected chi connectivity index (χ4v) is 2.47. The van der Waals surface area contributed by atoms with Crippen LogP contribution in [0.1, 0.15) is 12.0 Å². The van der Waals surface area contributed by atoms with Gasteiger partial charge in [-0.15, -0.1) is 0 Å². The van der Waals surface area contributed by atoms with E-state index in [1.165, 1.54) is 7.11 Å². The highest BCUT2D eigenvalue weighted by molar-refractivity contribution is 9.10. The second-order valence-corrected chi connectivity index (χ2v) is 4.89. The first-order valence-corrected chi connectivity index (χ1v) is 6.05. The number of rotatable bonds is 2. The van der Waals surface area contributed by atoms with Crippen molar-refractivity contribution in [2.45, 2.75) is 11.8 Å². The van der Waals surface area contributed by atoms with Crippen LogP contribution in [0.4, 0.5) is 0 Å². The van der Waals surface area contributed by atoms with Crippen molar-refractivity contribution >= 4 is 21.9 Å². The molecule has 4 nitrogen and oxygen atoms in total. The van der Waals surface area contributed by atoms with Crippen molar-refractivity contribution < 1.29 is 19.4 Å². The summed E-state index contributed by atoms with van der Waals surface area (Å²) in [7, 11) is 1.33. The van der Waals surface area contributed by atoms with Crippen molar-refractivity contribution in [2.24, 2.45) is 0 Å². The molecule has 0 saturated heterocycles. The highest BCUT2D eigenvalue weighted by Gasteiger charge is 2.45. The summed E-state index contributed by atoms with van der Waals surface area (Å²) in [6, 6.07) is 5.41. The zero-order chi connectivity index (χ0) is 12.5. The van der Waals surface area contributed by atoms with Gasteiger partial charge in [0.25, 0.3) is 0 Å². The van der Waals surface area contributed by atoms with E-state index in [0.29, 0.717) is 24.3 Å². The molecule has 5 heteroatoms. The van der Waals surface area contributed by atoms with Gasteiger partial charge in [0, 0.05) is 16.5 Å². The minimum atomic E-state index is -1.01. The molecule has 1 N–H and O–H groups in total. The predicted octanol–water partition coefficient (Wildman–Crippen LogP) is 1.63. The highest BCUT2D eigenvalue weighted by Crippen LogP contribution is 2.40. The van der Waals surface area contributed by atoms with Gasteiger partial charge in [0.1, 0.15) is 11.2 Å². The van der Waals surface area contributed by atoms with Gasteiger partial charge in [-0.2, -0.15) is 0 Å². The number of aliphatic hydroxyl groups is 1. The molecule has 1 heterocycles. The van der Waals surface area contributed by atoms with E-state index in [0.717, 1.165) is 4.47 Å². The summed E-state index contributed by atoms with van der Waals surface area (Å²) in [5, 5.41) is 9.61. The van der Waals surface area contributed by atoms with E-state index in [1.54, 1.807) is 12.1 Å². The molecule has 0 bridgehead atoms. The standard InChI is InChI=1S/C12H13BrO4/c1-16-11(15)12(7-14)4-5-17-10-3-2-8(13)6-9(10)12/h2-3,6,14H,4-5,7H2,1H3. The van der Waals surface area contributed by atoms with E-state index in [9.17, 15) is 9.90 Å². The number of fused-ring (bicyclic) bond motifs is 1. The Balaban J connectivity index is 2.58. The Morgan fingerprint density at radius 1 is 1.65 bits per heavy atom. The van der Waals surface area contributed by atoms with Crippen molar-refractivity contribution in [2.75, 3.05) is 20.3 Å². The molecule has 1 aliphatic heterocycles. The molecule has 1 atom stereocenters. The van der Waals surface area contributed by atoms with Gasteiger partial charge in [0.05, 0.1) is 20.3 Å². The quantitative estimate of drug-likeness (QED) is 0.844. The lowest BCUT2D eigenvalue weighted by Gasteiger charge is -2.34. The molecule has 0 aromatic heterocycles. The number of ether oxygens (including phenoxy) is 2. The van der Waals surface area contributed by atoms with Crippen LogP contribution in [0, 0.1) is 0 Å². The van der Waals surface area contributed by atoms with Gasteiger partial charge >= 0.3 is 5.97 Å². The molecule has 92 valence electrons. The van der Waals surface area contributed by atoms with Crippen LogP contribution < -0.4 is 4.74 Å². The molecule has 1 unspecified atom stereocenters. The summed E-state index contributed by atoms with van der Waals surface area (Å²) in [6.07, 6.45) is 0.416. The van der Waals surface area contributed by atoms with Gasteiger partial charge in [-0.1, -0.05) is 15.9 Å². The topological polar surface area (TPSA) is 55.8 Å². The second-order valence-electron chi connectivity index (χ2n) is 3.97. The summed E-state index contributed by atoms with van der Waals surface area (Å²) in [5.74, 6) is 0.196. The van der Waals surface area contributed by atoms with E-state index in [1.807, 2.05) is 6.07 Å². The molecular formula is C12H13BrO4. The summed E-state index contributed by atoms with van der Waals surface area (Å²) in [5.41, 5.74) is -0.334. The third-order valence-corrected chi connectivity index (χ3v) is 3.58. The Kier molecular flexibility index (Phi) is 3.40. The summed E-state index contributed by atoms with van der Waals surface area (Å²) in [4.78, 5) is 11.9. The number of carbonyl (C=O) groups is 1. The van der Waals surface area contributed by atoms with Crippen LogP contribution in [0.5, 0.6) is 5.75 Å². The minimum absolute atomic E-state index is 0.285. The van der Waals surface area contributed by atoms with E-state index < -0.39 is 11.4 Å². The molecule has 17 heavy (non-hydrogen) atoms. The largest absolute Gasteiger partial charge is 0.493 e. The van der Waals surface area contributed by atoms with Crippen LogP contribution in [-0.4, -0.2) is 31.4 Å². The number of methoxy groups -OCH3 is 1. The van der Waals surface area contributed by atoms with Gasteiger partial charge in [-0.05, 0) is 18.2 Å². The van der Waals surface area contributed by atoms with E-state index in [2.05, 4.69) is 15.9 Å². The normalized spacial score (nSPS) is 22.5. The van der Waals surface area contributed by atoms with E-state index in [4.69, 9.17) is 9.47 Å². The molecule has 2 rings (SSSR count). The van der Waals surface area contributed by atoms with Gasteiger partial charge < -0.3 is 14.6 Å². The third-order valence-electron chi connectivity index (χ3n) is 3.09. The number of esters is 1. The minimum Gasteiger partial charge on any atom is -0.493 e. The monoisotopic (exact) mass is 300 g/mol. The molecule has 0 saturated carbocycles. The average Bonchev–Trinajstić information content (AvgIpc) is 2.37. The van der Waals surface area contributed by atoms with Gasteiger partial charge in [0.15, 0.2) is 0 Å². The van der Waals surface area contributed by atoms with Crippen LogP contribution in [0.3, 0.4) is 0 Å². The summed E-state index contributed by atoms with van der Waals surface area (Å²) >= 11 is 3.35. The molecule has 1 aliphatic rings. The molecule has 0 fully saturated rings. The fraction of sp³-hybridized carbons (Fsp3) is 0.417. The lowest BCUT2D eigenvalue weighted by Crippen LogP contribution is -2.44. The van der Waals surface area contributed by atoms with Crippen LogP contribution in [0.2, 0.25) is 0 Å². The Morgan fingerprint density at radius 2 is 2.41 bits per heavy atom. The molecular weight excluding hydrogens is 288 g/mol. The van der Waals surface area contributed by atoms with Crippen LogP contribution >= 0.6 is 15.9 Å². The average molecular weight is 301 g/mol. The highest BCUT2D eigenvalue weighted by atomic mass is 79.9. The van der Waals surface area contributed by atoms with Crippen molar-refractivity contribution in [1.29, 1.82) is 0 Å². The Morgan fingerprint density at radius 3 is 3.06 bits per heavy atom. The molecule has 0 amide bonds. The van der Waals surface area contributed by atoms with Crippen LogP contribution in [-0.2, 0) is 14.9 Å². The second kappa shape index (κ2) is 4.66. The van der Waals surface area contributed by atoms with E-state index >= 15 is 0 Å². The van der Waals surface area contributed by atoms with Crippen LogP contribution in [0.25, 0.3) is 0 Å². The maximum absolute atomic E-state index is 11.9. The van der Waals surface area contributed by atoms with E-state index in [-0.39, 0.29) is 6.61 Å². The summed E-state index contributed by atoms with van der Waals surface area (Å²) in [6.45, 7) is 0.108. The lowest BCUT2D eigenvalue weighted by molar-refractivity contribution is -0.150. The molecule has 0 spiro atoms. The van der Waals surface area contributed by atoms with Gasteiger partial charge in [-0.25, -0.2) is 0 Å². The van der Waals surface area contributed by atoms with Crippen molar-refractivity contribution in [1.82, 2.24) is 0 Å². The first-order chi connectivity index (χ1) is 8.14. The van der Waals surface area contributed by atoms with Crippen molar-refractivity contribution in [3.8, 4) is 5.75 Å². The first kappa shape index (κ1) is 12.4. The predicted molar refractivity (Wildman–Crippen MR) is 65.0 cm³/mol. The maximum atomic E-state index is 11.9. The first-order valence-electron chi connectivity index (χ1n) is 5.26. The molecule has 1 aromatic carbocycles. The number of hydrogen-bond acceptors (Lipinski definition) is 4. The molecule has 0 aliphatic carbocycles. The third kappa shape index (κ3) is 1.93. The van der Waals surface area contributed by atoms with Gasteiger partial charge in [-0.3, -0.25) is 4.79 Å². The molecule has 0 radical (unpaired) electrons. The van der Waals surface area contributed by atoms with Crippen molar-refractivity contribution in [3.05, 3.63) is 28.2 Å². The number of hydrogen-bond donors (Lipinski definition) is 1. The Hall–Kier alpha value is -1.07. The Bertz CT molecular complexity index is 446. The number of benzene rings is 1. The lowest BCUT2D eigenvalue weighted by atomic mass is 9.76. The number of halogens is 1. The van der Waals surface area contributed by atoms with Crippen LogP contribution in [0.15, 0.2) is 22.7 Å². The maximum Gasteiger partial charge on any atom is 0.318 e. The number of aliphatic hydroxyl groups excluding tert-OH is 1. The zero-order valence-corrected chi connectivity index (χ0v) is 11.0. The fourth-order valence-electron chi connectivity index (χ4n) is 2.11. The smallest absolute Gasteiger partial charge is 0.318 e.